The lowest BCUT2D eigenvalue weighted by atomic mass is 9.97. The maximum Gasteiger partial charge on any atom is 0.186 e. The SMILES string of the molecule is OC[C@H]1O[C@H](OC[C@H]2O[C@H](OC[C@H]3O[C@H](OC[C@H]4O[C@H](OC[C@H]5O[C@H](OC[C@H]6O[C@H](OC[C@H]7O[C@H](OC[C@H]8O[C@@H](O)[C@H](O)[C@@H](O)[C@@H]8O)[C@H](O)[C@@H](O)[C@@H]7O)[C@H](O)[C@@H](O)[C@@H]6O)[C@H](O)[C@@H](O)[C@@H]5O)[C@H](O)[C@@H](O)[C@@H]4O)[C@H](O)[C@@H](O)[C@@H]3O)[C@H](O)[C@@H](O)[C@@H]2O)[C@H](O)[C@@H](O)[C@@H]1O. The van der Waals surface area contributed by atoms with Crippen molar-refractivity contribution in [2.75, 3.05) is 52.9 Å². The van der Waals surface area contributed by atoms with Crippen LogP contribution in [0, 0.1) is 0 Å². The predicted molar refractivity (Wildman–Crippen MR) is 264 cm³/mol. The first kappa shape index (κ1) is 73.2. The summed E-state index contributed by atoms with van der Waals surface area (Å²) < 4.78 is 82.3. The topological polar surface area (TPSA) is 664 Å². The highest BCUT2D eigenvalue weighted by molar-refractivity contribution is 4.98. The molecule has 0 radical (unpaired) electrons. The summed E-state index contributed by atoms with van der Waals surface area (Å²) in [7, 11) is 0. The number of ether oxygens (including phenoxy) is 15. The Morgan fingerprint density at radius 1 is 0.169 bits per heavy atom. The Hall–Kier alpha value is -1.64. The lowest BCUT2D eigenvalue weighted by Gasteiger charge is -2.45. The normalized spacial score (nSPS) is 53.6. The van der Waals surface area contributed by atoms with E-state index in [4.69, 9.17) is 71.1 Å². The lowest BCUT2D eigenvalue weighted by Crippen LogP contribution is -2.63. The molecule has 520 valence electrons. The predicted octanol–water partition coefficient (Wildman–Crippen LogP) is -18.5. The van der Waals surface area contributed by atoms with Crippen molar-refractivity contribution < 1.29 is 204 Å². The van der Waals surface area contributed by atoms with E-state index in [0.717, 1.165) is 0 Å². The van der Waals surface area contributed by atoms with Gasteiger partial charge in [0.1, 0.15) is 195 Å². The van der Waals surface area contributed by atoms with Gasteiger partial charge in [0.15, 0.2) is 50.3 Å². The third kappa shape index (κ3) is 16.1. The van der Waals surface area contributed by atoms with Gasteiger partial charge >= 0.3 is 0 Å². The second-order valence-electron chi connectivity index (χ2n) is 22.7. The summed E-state index contributed by atoms with van der Waals surface area (Å²) in [6.45, 7) is -6.46. The van der Waals surface area contributed by atoms with E-state index in [0.29, 0.717) is 0 Å². The van der Waals surface area contributed by atoms with E-state index in [-0.39, 0.29) is 0 Å². The maximum atomic E-state index is 10.9. The molecule has 89 heavy (non-hydrogen) atoms. The summed E-state index contributed by atoms with van der Waals surface area (Å²) in [5.74, 6) is 0. The van der Waals surface area contributed by atoms with Crippen LogP contribution in [0.1, 0.15) is 0 Å². The van der Waals surface area contributed by atoms with Crippen molar-refractivity contribution in [1.82, 2.24) is 0 Å². The van der Waals surface area contributed by atoms with E-state index in [1.54, 1.807) is 0 Å². The van der Waals surface area contributed by atoms with Crippen LogP contribution in [0.25, 0.3) is 0 Å². The molecular formula is C48H82O41. The molecule has 8 aliphatic rings. The Bertz CT molecular complexity index is 2130. The van der Waals surface area contributed by atoms with Gasteiger partial charge in [-0.05, 0) is 0 Å². The van der Waals surface area contributed by atoms with E-state index >= 15 is 0 Å². The molecule has 8 aliphatic heterocycles. The highest BCUT2D eigenvalue weighted by Gasteiger charge is 2.54. The van der Waals surface area contributed by atoms with E-state index in [2.05, 4.69) is 0 Å². The number of hydrogen-bond acceptors (Lipinski definition) is 41. The quantitative estimate of drug-likeness (QED) is 0.0479. The van der Waals surface area contributed by atoms with Gasteiger partial charge in [-0.2, -0.15) is 0 Å². The molecule has 41 heteroatoms. The third-order valence-electron chi connectivity index (χ3n) is 16.5. The van der Waals surface area contributed by atoms with Crippen LogP contribution in [0.15, 0.2) is 0 Å². The number of aliphatic hydroxyl groups excluding tert-OH is 26. The minimum atomic E-state index is -2.09. The van der Waals surface area contributed by atoms with Crippen LogP contribution in [-0.4, -0.2) is 431 Å². The molecule has 0 amide bonds. The molecule has 0 aromatic carbocycles. The Labute approximate surface area is 501 Å². The highest BCUT2D eigenvalue weighted by atomic mass is 16.8. The summed E-state index contributed by atoms with van der Waals surface area (Å²) in [4.78, 5) is 0. The molecule has 0 aliphatic carbocycles. The molecule has 0 bridgehead atoms. The minimum absolute atomic E-state index is 0.721. The zero-order chi connectivity index (χ0) is 65.4. The number of hydrogen-bond donors (Lipinski definition) is 26. The van der Waals surface area contributed by atoms with Crippen LogP contribution in [0.2, 0.25) is 0 Å². The van der Waals surface area contributed by atoms with Crippen molar-refractivity contribution in [1.29, 1.82) is 0 Å². The molecule has 0 spiro atoms. The monoisotopic (exact) mass is 1310 g/mol. The van der Waals surface area contributed by atoms with Gasteiger partial charge < -0.3 is 204 Å². The molecule has 26 N–H and O–H groups in total. The van der Waals surface area contributed by atoms with Crippen molar-refractivity contribution in [3.05, 3.63) is 0 Å². The smallest absolute Gasteiger partial charge is 0.186 e. The van der Waals surface area contributed by atoms with Crippen LogP contribution in [0.4, 0.5) is 0 Å². The summed E-state index contributed by atoms with van der Waals surface area (Å²) >= 11 is 0. The van der Waals surface area contributed by atoms with Gasteiger partial charge in [-0.1, -0.05) is 0 Å². The molecule has 40 atom stereocenters. The van der Waals surface area contributed by atoms with Crippen LogP contribution >= 0.6 is 0 Å². The average molecular weight is 1320 g/mol. The van der Waals surface area contributed by atoms with E-state index < -0.39 is 299 Å². The van der Waals surface area contributed by atoms with E-state index in [1.165, 1.54) is 0 Å². The Morgan fingerprint density at radius 2 is 0.315 bits per heavy atom. The van der Waals surface area contributed by atoms with Crippen molar-refractivity contribution in [2.24, 2.45) is 0 Å². The summed E-state index contributed by atoms with van der Waals surface area (Å²) in [6.07, 6.45) is -74.9. The molecule has 0 unspecified atom stereocenters. The molecule has 0 aromatic heterocycles. The zero-order valence-corrected chi connectivity index (χ0v) is 46.5. The van der Waals surface area contributed by atoms with Crippen molar-refractivity contribution in [3.8, 4) is 0 Å². The van der Waals surface area contributed by atoms with Crippen molar-refractivity contribution >= 4 is 0 Å². The zero-order valence-electron chi connectivity index (χ0n) is 46.5. The maximum absolute atomic E-state index is 10.9. The van der Waals surface area contributed by atoms with Crippen LogP contribution in [0.5, 0.6) is 0 Å². The fraction of sp³-hybridized carbons (Fsp3) is 1.00. The summed E-state index contributed by atoms with van der Waals surface area (Å²) in [5, 5.41) is 273. The van der Waals surface area contributed by atoms with Gasteiger partial charge in [-0.25, -0.2) is 0 Å². The van der Waals surface area contributed by atoms with Crippen LogP contribution < -0.4 is 0 Å². The molecule has 0 saturated carbocycles. The first-order valence-corrected chi connectivity index (χ1v) is 28.1. The second-order valence-corrected chi connectivity index (χ2v) is 22.7. The molecular weight excluding hydrogens is 1230 g/mol. The van der Waals surface area contributed by atoms with Crippen LogP contribution in [0.3, 0.4) is 0 Å². The molecule has 8 fully saturated rings. The number of rotatable bonds is 22. The molecule has 8 saturated heterocycles. The molecule has 8 rings (SSSR count). The number of aliphatic hydroxyl groups is 26. The summed E-state index contributed by atoms with van der Waals surface area (Å²) in [5.41, 5.74) is 0. The standard InChI is InChI=1S/C48H82O41/c49-1-9-17(50)26(59)34(67)42(83-9)76-3-11-19(52)28(61)36(69)44(85-11)78-5-13-21(54)30(63)38(71)46(87-13)80-7-15-23(56)32(65)40(73)48(89-15)81-8-16-24(57)31(64)39(72)47(88-16)79-6-14-22(55)29(62)37(70)45(86-14)77-4-12-20(53)27(60)35(68)43(84-12)75-2-10-18(51)25(58)33(66)41(74)82-10/h9-74H,1-8H2/t9-,10-,11-,12-,13-,14-,15-,16-,17-,18-,19-,20-,21-,22-,23-,24-,25+,26+,27+,28+,29+,30+,31+,32+,33-,34-,35-,36-,37-,38-,39-,40-,41-,42+,43+,44+,45+,46+,47+,48+/m1/s1. The first-order valence-electron chi connectivity index (χ1n) is 28.1. The van der Waals surface area contributed by atoms with E-state index in [9.17, 15) is 133 Å². The largest absolute Gasteiger partial charge is 0.394 e. The van der Waals surface area contributed by atoms with Crippen molar-refractivity contribution in [2.45, 2.75) is 246 Å². The molecule has 8 heterocycles. The van der Waals surface area contributed by atoms with Gasteiger partial charge in [-0.3, -0.25) is 0 Å². The fourth-order valence-corrected chi connectivity index (χ4v) is 10.8. The minimum Gasteiger partial charge on any atom is -0.394 e. The van der Waals surface area contributed by atoms with Crippen LogP contribution in [-0.2, 0) is 71.1 Å². The third-order valence-corrected chi connectivity index (χ3v) is 16.5. The van der Waals surface area contributed by atoms with Gasteiger partial charge in [-0.15, -0.1) is 0 Å². The van der Waals surface area contributed by atoms with Gasteiger partial charge in [0.2, 0.25) is 0 Å². The second kappa shape index (κ2) is 31.5. The first-order chi connectivity index (χ1) is 42.0. The van der Waals surface area contributed by atoms with E-state index in [1.807, 2.05) is 0 Å². The average Bonchev–Trinajstić information content (AvgIpc) is 3.72. The Morgan fingerprint density at radius 3 is 0.494 bits per heavy atom. The molecule has 41 nitrogen and oxygen atoms in total. The molecule has 0 aromatic rings. The van der Waals surface area contributed by atoms with Gasteiger partial charge in [0.25, 0.3) is 0 Å². The Kier molecular flexibility index (Phi) is 25.9. The van der Waals surface area contributed by atoms with Gasteiger partial charge in [0, 0.05) is 0 Å². The fourth-order valence-electron chi connectivity index (χ4n) is 10.8. The Balaban J connectivity index is 0.811. The lowest BCUT2D eigenvalue weighted by molar-refractivity contribution is -0.354. The summed E-state index contributed by atoms with van der Waals surface area (Å²) in [6, 6.07) is 0. The highest BCUT2D eigenvalue weighted by Crippen LogP contribution is 2.33. The van der Waals surface area contributed by atoms with Gasteiger partial charge in [0.05, 0.1) is 52.9 Å². The van der Waals surface area contributed by atoms with Crippen molar-refractivity contribution in [3.63, 3.8) is 0 Å².